The first-order chi connectivity index (χ1) is 19.1. The quantitative estimate of drug-likeness (QED) is 0.445. The van der Waals surface area contributed by atoms with E-state index in [9.17, 15) is 22.8 Å². The number of benzene rings is 1. The van der Waals surface area contributed by atoms with E-state index in [0.29, 0.717) is 24.2 Å². The molecule has 2 aliphatic rings. The number of likely N-dealkylation sites (tertiary alicyclic amines) is 1. The molecule has 2 amide bonds. The maximum absolute atomic E-state index is 12.6. The van der Waals surface area contributed by atoms with Gasteiger partial charge in [-0.15, -0.1) is 13.2 Å². The normalized spacial score (nSPS) is 20.7. The zero-order valence-corrected chi connectivity index (χ0v) is 22.9. The van der Waals surface area contributed by atoms with Gasteiger partial charge in [-0.05, 0) is 63.1 Å². The highest BCUT2D eigenvalue weighted by atomic mass is 19.4. The van der Waals surface area contributed by atoms with Crippen LogP contribution in [0.5, 0.6) is 5.75 Å². The van der Waals surface area contributed by atoms with Crippen molar-refractivity contribution < 1.29 is 32.2 Å². The molecule has 0 radical (unpaired) electrons. The van der Waals surface area contributed by atoms with Crippen LogP contribution in [-0.2, 0) is 11.3 Å². The molecule has 1 aliphatic carbocycles. The second kappa shape index (κ2) is 10.00. The number of primary amides is 1. The standard InChI is InChI=1S/C27H32F3N7O4/c1-25(2,3)41-24(39)35-8-7-26(15-35)10-18(11-26)37-22(31)20(23(32)38)21(34-37)17-12-33-36(14-17)13-16-5-4-6-19(9-16)40-27(28,29)30/h4-6,9,12,14,18H,7-8,10-11,13,15,31H2,1-3H3,(H2,32,38). The van der Waals surface area contributed by atoms with Crippen molar-refractivity contribution >= 4 is 17.8 Å². The fourth-order valence-electron chi connectivity index (χ4n) is 5.63. The maximum Gasteiger partial charge on any atom is 0.573 e. The van der Waals surface area contributed by atoms with E-state index in [2.05, 4.69) is 14.9 Å². The number of rotatable bonds is 6. The lowest BCUT2D eigenvalue weighted by atomic mass is 9.65. The number of nitrogen functional groups attached to an aromatic ring is 1. The molecule has 2 aromatic heterocycles. The summed E-state index contributed by atoms with van der Waals surface area (Å²) < 4.78 is 50.4. The Kier molecular flexibility index (Phi) is 6.90. The molecule has 14 heteroatoms. The smallest absolute Gasteiger partial charge is 0.444 e. The lowest BCUT2D eigenvalue weighted by molar-refractivity contribution is -0.274. The number of alkyl halides is 3. The number of amides is 2. The number of hydrogen-bond acceptors (Lipinski definition) is 7. The molecular weight excluding hydrogens is 543 g/mol. The van der Waals surface area contributed by atoms with Crippen LogP contribution in [0.25, 0.3) is 11.3 Å². The summed E-state index contributed by atoms with van der Waals surface area (Å²) in [5.41, 5.74) is 12.8. The van der Waals surface area contributed by atoms with E-state index in [-0.39, 0.29) is 46.9 Å². The lowest BCUT2D eigenvalue weighted by Crippen LogP contribution is -2.43. The van der Waals surface area contributed by atoms with E-state index in [1.807, 2.05) is 20.8 Å². The molecule has 11 nitrogen and oxygen atoms in total. The molecule has 1 aliphatic heterocycles. The number of hydrogen-bond donors (Lipinski definition) is 2. The fraction of sp³-hybridized carbons (Fsp3) is 0.481. The van der Waals surface area contributed by atoms with E-state index >= 15 is 0 Å². The Morgan fingerprint density at radius 3 is 2.59 bits per heavy atom. The van der Waals surface area contributed by atoms with E-state index in [1.54, 1.807) is 21.8 Å². The first-order valence-corrected chi connectivity index (χ1v) is 13.1. The highest BCUT2D eigenvalue weighted by Crippen LogP contribution is 2.55. The highest BCUT2D eigenvalue weighted by molar-refractivity contribution is 6.03. The minimum atomic E-state index is -4.79. The van der Waals surface area contributed by atoms with Gasteiger partial charge in [0.15, 0.2) is 0 Å². The third-order valence-electron chi connectivity index (χ3n) is 7.35. The molecule has 1 saturated heterocycles. The van der Waals surface area contributed by atoms with Gasteiger partial charge in [0.25, 0.3) is 5.91 Å². The topological polar surface area (TPSA) is 144 Å². The van der Waals surface area contributed by atoms with E-state index in [1.165, 1.54) is 29.1 Å². The number of aromatic nitrogens is 4. The molecule has 1 spiro atoms. The maximum atomic E-state index is 12.6. The minimum Gasteiger partial charge on any atom is -0.444 e. The summed E-state index contributed by atoms with van der Waals surface area (Å²) in [6.07, 6.45) is 0.279. The summed E-state index contributed by atoms with van der Waals surface area (Å²) in [4.78, 5) is 26.6. The Morgan fingerprint density at radius 1 is 1.20 bits per heavy atom. The molecule has 0 atom stereocenters. The van der Waals surface area contributed by atoms with Gasteiger partial charge in [0.1, 0.15) is 28.4 Å². The van der Waals surface area contributed by atoms with Crippen molar-refractivity contribution in [2.45, 2.75) is 64.6 Å². The van der Waals surface area contributed by atoms with Gasteiger partial charge < -0.3 is 25.8 Å². The average Bonchev–Trinajstić information content (AvgIpc) is 3.53. The molecule has 41 heavy (non-hydrogen) atoms. The molecule has 0 bridgehead atoms. The van der Waals surface area contributed by atoms with Gasteiger partial charge >= 0.3 is 12.5 Å². The zero-order valence-electron chi connectivity index (χ0n) is 22.9. The van der Waals surface area contributed by atoms with Gasteiger partial charge in [-0.1, -0.05) is 12.1 Å². The van der Waals surface area contributed by atoms with Crippen LogP contribution in [0, 0.1) is 5.41 Å². The van der Waals surface area contributed by atoms with Crippen LogP contribution in [0.4, 0.5) is 23.8 Å². The molecule has 3 aromatic rings. The SMILES string of the molecule is CC(C)(C)OC(=O)N1CCC2(CC(n3nc(-c4cnn(Cc5cccc(OC(F)(F)F)c5)c4)c(C(N)=O)c3N)C2)C1. The molecule has 1 aromatic carbocycles. The van der Waals surface area contributed by atoms with Crippen molar-refractivity contribution in [2.24, 2.45) is 11.1 Å². The molecule has 1 saturated carbocycles. The Morgan fingerprint density at radius 2 is 1.93 bits per heavy atom. The van der Waals surface area contributed by atoms with Gasteiger partial charge in [0.05, 0.1) is 18.8 Å². The number of carbonyl (C=O) groups excluding carboxylic acids is 2. The van der Waals surface area contributed by atoms with Gasteiger partial charge in [-0.25, -0.2) is 9.48 Å². The van der Waals surface area contributed by atoms with Gasteiger partial charge in [0.2, 0.25) is 0 Å². The molecule has 5 rings (SSSR count). The lowest BCUT2D eigenvalue weighted by Gasteiger charge is -2.45. The first kappa shape index (κ1) is 28.3. The van der Waals surface area contributed by atoms with Gasteiger partial charge in [-0.3, -0.25) is 9.48 Å². The van der Waals surface area contributed by atoms with Crippen LogP contribution in [0.15, 0.2) is 36.7 Å². The number of nitrogens with two attached hydrogens (primary N) is 2. The van der Waals surface area contributed by atoms with Crippen LogP contribution in [0.3, 0.4) is 0 Å². The molecule has 2 fully saturated rings. The number of halogens is 3. The van der Waals surface area contributed by atoms with Gasteiger partial charge in [0, 0.05) is 24.8 Å². The first-order valence-electron chi connectivity index (χ1n) is 13.1. The zero-order chi connectivity index (χ0) is 29.7. The molecule has 3 heterocycles. The number of carbonyl (C=O) groups is 2. The van der Waals surface area contributed by atoms with Crippen molar-refractivity contribution in [2.75, 3.05) is 18.8 Å². The van der Waals surface area contributed by atoms with Crippen molar-refractivity contribution in [1.82, 2.24) is 24.5 Å². The number of nitrogens with zero attached hydrogens (tertiary/aromatic N) is 5. The second-order valence-corrected chi connectivity index (χ2v) is 11.8. The van der Waals surface area contributed by atoms with Crippen molar-refractivity contribution in [3.8, 4) is 17.0 Å². The average molecular weight is 576 g/mol. The summed E-state index contributed by atoms with van der Waals surface area (Å²) >= 11 is 0. The monoisotopic (exact) mass is 575 g/mol. The number of anilines is 1. The van der Waals surface area contributed by atoms with Crippen LogP contribution < -0.4 is 16.2 Å². The van der Waals surface area contributed by atoms with E-state index in [0.717, 1.165) is 19.3 Å². The largest absolute Gasteiger partial charge is 0.573 e. The Labute approximate surface area is 234 Å². The van der Waals surface area contributed by atoms with E-state index < -0.39 is 17.9 Å². The molecule has 0 unspecified atom stereocenters. The minimum absolute atomic E-state index is 0.0672. The van der Waals surface area contributed by atoms with Crippen LogP contribution in [0.1, 0.15) is 62.0 Å². The van der Waals surface area contributed by atoms with Crippen LogP contribution in [-0.4, -0.2) is 61.5 Å². The van der Waals surface area contributed by atoms with Crippen molar-refractivity contribution in [3.05, 3.63) is 47.8 Å². The van der Waals surface area contributed by atoms with Crippen LogP contribution >= 0.6 is 0 Å². The van der Waals surface area contributed by atoms with Crippen LogP contribution in [0.2, 0.25) is 0 Å². The molecule has 4 N–H and O–H groups in total. The van der Waals surface area contributed by atoms with Crippen molar-refractivity contribution in [1.29, 1.82) is 0 Å². The summed E-state index contributed by atoms with van der Waals surface area (Å²) in [5, 5.41) is 8.92. The predicted molar refractivity (Wildman–Crippen MR) is 142 cm³/mol. The van der Waals surface area contributed by atoms with E-state index in [4.69, 9.17) is 16.2 Å². The molecular formula is C27H32F3N7O4. The fourth-order valence-corrected chi connectivity index (χ4v) is 5.63. The Bertz CT molecular complexity index is 1470. The van der Waals surface area contributed by atoms with Gasteiger partial charge in [-0.2, -0.15) is 10.2 Å². The molecule has 220 valence electrons. The summed E-state index contributed by atoms with van der Waals surface area (Å²) in [5.74, 6) is -0.918. The summed E-state index contributed by atoms with van der Waals surface area (Å²) in [6, 6.07) is 5.51. The second-order valence-electron chi connectivity index (χ2n) is 11.8. The number of ether oxygens (including phenoxy) is 2. The highest BCUT2D eigenvalue weighted by Gasteiger charge is 2.51. The third kappa shape index (κ3) is 6.10. The van der Waals surface area contributed by atoms with Crippen molar-refractivity contribution in [3.63, 3.8) is 0 Å². The predicted octanol–water partition coefficient (Wildman–Crippen LogP) is 4.34. The summed E-state index contributed by atoms with van der Waals surface area (Å²) in [7, 11) is 0. The summed E-state index contributed by atoms with van der Waals surface area (Å²) in [6.45, 7) is 6.84. The third-order valence-corrected chi connectivity index (χ3v) is 7.35. The Balaban J connectivity index is 1.30. The Hall–Kier alpha value is -4.23.